The molecule has 3 heterocycles. The third-order valence-electron chi connectivity index (χ3n) is 4.23. The van der Waals surface area contributed by atoms with E-state index >= 15 is 0 Å². The highest BCUT2D eigenvalue weighted by molar-refractivity contribution is 7.18. The smallest absolute Gasteiger partial charge is 0.271 e. The van der Waals surface area contributed by atoms with Gasteiger partial charge in [0.1, 0.15) is 16.3 Å². The first-order valence-corrected chi connectivity index (χ1v) is 10.8. The topological polar surface area (TPSA) is 110 Å². The van der Waals surface area contributed by atoms with Crippen molar-refractivity contribution in [2.24, 2.45) is 5.73 Å². The van der Waals surface area contributed by atoms with Gasteiger partial charge in [0.05, 0.1) is 12.3 Å². The summed E-state index contributed by atoms with van der Waals surface area (Å²) in [7, 11) is 0. The molecule has 0 fully saturated rings. The number of carbonyl (C=O) groups excluding carboxylic acids is 2. The number of aromatic nitrogens is 2. The van der Waals surface area contributed by atoms with Crippen LogP contribution < -0.4 is 15.8 Å². The largest absolute Gasteiger partial charge is 0.492 e. The summed E-state index contributed by atoms with van der Waals surface area (Å²) in [5.74, 6) is -0.272. The molecule has 0 unspecified atom stereocenters. The molecule has 4 rings (SSSR count). The van der Waals surface area contributed by atoms with E-state index in [2.05, 4.69) is 15.3 Å². The number of hydrogen-bond donors (Lipinski definition) is 3. The van der Waals surface area contributed by atoms with E-state index in [1.807, 2.05) is 43.3 Å². The van der Waals surface area contributed by atoms with Crippen LogP contribution in [0.1, 0.15) is 27.1 Å². The Kier molecular flexibility index (Phi) is 5.64. The molecule has 0 radical (unpaired) electrons. The monoisotopic (exact) mass is 438 g/mol. The Bertz CT molecular complexity index is 1190. The van der Waals surface area contributed by atoms with Crippen molar-refractivity contribution in [2.45, 2.75) is 6.92 Å². The predicted molar refractivity (Wildman–Crippen MR) is 119 cm³/mol. The number of H-pyrrole nitrogens is 1. The second-order valence-corrected chi connectivity index (χ2v) is 8.17. The summed E-state index contributed by atoms with van der Waals surface area (Å²) in [6.07, 6.45) is 1.65. The summed E-state index contributed by atoms with van der Waals surface area (Å²) < 4.78 is 5.68. The summed E-state index contributed by atoms with van der Waals surface area (Å²) in [5.41, 5.74) is 7.95. The molecular weight excluding hydrogens is 420 g/mol. The molecule has 9 heteroatoms. The molecule has 0 aliphatic heterocycles. The maximum atomic E-state index is 12.9. The number of thiazole rings is 1. The maximum Gasteiger partial charge on any atom is 0.271 e. The van der Waals surface area contributed by atoms with Crippen molar-refractivity contribution in [2.75, 3.05) is 11.9 Å². The summed E-state index contributed by atoms with van der Waals surface area (Å²) in [6, 6.07) is 13.4. The number of ether oxygens (including phenoxy) is 1. The molecular formula is C21H18N4O3S2. The lowest BCUT2D eigenvalue weighted by atomic mass is 10.2. The molecule has 0 aliphatic carbocycles. The lowest BCUT2D eigenvalue weighted by Gasteiger charge is -2.04. The number of primary amides is 1. The van der Waals surface area contributed by atoms with Crippen molar-refractivity contribution in [3.63, 3.8) is 0 Å². The summed E-state index contributed by atoms with van der Waals surface area (Å²) in [5, 5.41) is 5.09. The number of nitrogens with two attached hydrogens (primary N) is 1. The Morgan fingerprint density at radius 3 is 2.70 bits per heavy atom. The van der Waals surface area contributed by atoms with E-state index in [9.17, 15) is 9.59 Å². The van der Waals surface area contributed by atoms with Gasteiger partial charge in [-0.3, -0.25) is 14.9 Å². The molecule has 7 nitrogen and oxygen atoms in total. The third kappa shape index (κ3) is 4.12. The summed E-state index contributed by atoms with van der Waals surface area (Å²) >= 11 is 2.67. The lowest BCUT2D eigenvalue weighted by molar-refractivity contribution is 0.0993. The number of thiophene rings is 1. The second kappa shape index (κ2) is 8.52. The van der Waals surface area contributed by atoms with E-state index in [4.69, 9.17) is 10.5 Å². The minimum Gasteiger partial charge on any atom is -0.492 e. The van der Waals surface area contributed by atoms with Crippen LogP contribution in [0.25, 0.3) is 21.7 Å². The predicted octanol–water partition coefficient (Wildman–Crippen LogP) is 4.62. The van der Waals surface area contributed by atoms with Crippen molar-refractivity contribution >= 4 is 39.6 Å². The van der Waals surface area contributed by atoms with Gasteiger partial charge >= 0.3 is 0 Å². The zero-order chi connectivity index (χ0) is 21.1. The number of hydrogen-bond acceptors (Lipinski definition) is 6. The molecule has 0 saturated heterocycles. The normalized spacial score (nSPS) is 10.7. The summed E-state index contributed by atoms with van der Waals surface area (Å²) in [6.45, 7) is 2.34. The molecule has 152 valence electrons. The van der Waals surface area contributed by atoms with E-state index in [1.54, 1.807) is 17.6 Å². The van der Waals surface area contributed by atoms with Gasteiger partial charge in [0, 0.05) is 22.0 Å². The Labute approximate surface area is 180 Å². The van der Waals surface area contributed by atoms with Gasteiger partial charge in [0.2, 0.25) is 0 Å². The number of nitrogens with one attached hydrogen (secondary N) is 2. The highest BCUT2D eigenvalue weighted by Gasteiger charge is 2.20. The number of rotatable bonds is 7. The first-order valence-electron chi connectivity index (χ1n) is 9.12. The number of aromatic amines is 1. The maximum absolute atomic E-state index is 12.9. The fraction of sp³-hybridized carbons (Fsp3) is 0.0952. The number of amides is 2. The van der Waals surface area contributed by atoms with Crippen LogP contribution in [0.3, 0.4) is 0 Å². The van der Waals surface area contributed by atoms with Gasteiger partial charge in [-0.1, -0.05) is 30.3 Å². The van der Waals surface area contributed by atoms with E-state index < -0.39 is 5.91 Å². The van der Waals surface area contributed by atoms with Crippen molar-refractivity contribution < 1.29 is 14.3 Å². The molecule has 30 heavy (non-hydrogen) atoms. The zero-order valence-corrected chi connectivity index (χ0v) is 17.6. The van der Waals surface area contributed by atoms with Crippen molar-refractivity contribution in [1.29, 1.82) is 0 Å². The van der Waals surface area contributed by atoms with Gasteiger partial charge in [-0.25, -0.2) is 4.98 Å². The van der Waals surface area contributed by atoms with Gasteiger partial charge < -0.3 is 15.5 Å². The average molecular weight is 439 g/mol. The van der Waals surface area contributed by atoms with Crippen LogP contribution in [0.5, 0.6) is 5.75 Å². The van der Waals surface area contributed by atoms with Crippen molar-refractivity contribution in [3.8, 4) is 27.4 Å². The van der Waals surface area contributed by atoms with Gasteiger partial charge in [0.25, 0.3) is 11.8 Å². The molecule has 1 aromatic carbocycles. The standard InChI is InChI=1S/C21H18N4O3S2/c1-2-28-16-9-17(12-6-4-3-5-7-12)30-18(16)20(27)25-21-24-15(11-29-21)13-8-14(19(22)26)23-10-13/h3-11,23H,2H2,1H3,(H2,22,26)(H,24,25,27). The minimum atomic E-state index is -0.541. The molecule has 3 aromatic heterocycles. The van der Waals surface area contributed by atoms with Crippen molar-refractivity contribution in [1.82, 2.24) is 9.97 Å². The lowest BCUT2D eigenvalue weighted by Crippen LogP contribution is -2.11. The fourth-order valence-electron chi connectivity index (χ4n) is 2.84. The Hall–Kier alpha value is -3.43. The van der Waals surface area contributed by atoms with Crippen LogP contribution in [-0.4, -0.2) is 28.4 Å². The molecule has 4 N–H and O–H groups in total. The number of anilines is 1. The average Bonchev–Trinajstić information content (AvgIpc) is 3.48. The fourth-order valence-corrected chi connectivity index (χ4v) is 4.56. The van der Waals surface area contributed by atoms with E-state index in [0.717, 1.165) is 16.0 Å². The molecule has 0 spiro atoms. The number of benzene rings is 1. The quantitative estimate of drug-likeness (QED) is 0.391. The molecule has 0 aliphatic rings. The molecule has 2 amide bonds. The van der Waals surface area contributed by atoms with Crippen LogP contribution in [0.15, 0.2) is 54.0 Å². The van der Waals surface area contributed by atoms with E-state index in [1.165, 1.54) is 22.7 Å². The first-order chi connectivity index (χ1) is 14.5. The van der Waals surface area contributed by atoms with E-state index in [0.29, 0.717) is 33.8 Å². The third-order valence-corrected chi connectivity index (χ3v) is 6.15. The van der Waals surface area contributed by atoms with Gasteiger partial charge in [-0.15, -0.1) is 22.7 Å². The van der Waals surface area contributed by atoms with Crippen LogP contribution in [0.2, 0.25) is 0 Å². The van der Waals surface area contributed by atoms with Crippen LogP contribution in [0, 0.1) is 0 Å². The first kappa shape index (κ1) is 19.9. The summed E-state index contributed by atoms with van der Waals surface area (Å²) in [4.78, 5) is 32.9. The highest BCUT2D eigenvalue weighted by atomic mass is 32.1. The van der Waals surface area contributed by atoms with Crippen LogP contribution in [0.4, 0.5) is 5.13 Å². The Morgan fingerprint density at radius 1 is 1.20 bits per heavy atom. The van der Waals surface area contributed by atoms with Crippen molar-refractivity contribution in [3.05, 3.63) is 64.6 Å². The number of nitrogens with zero attached hydrogens (tertiary/aromatic N) is 1. The second-order valence-electron chi connectivity index (χ2n) is 6.26. The SMILES string of the molecule is CCOc1cc(-c2ccccc2)sc1C(=O)Nc1nc(-c2c[nH]c(C(N)=O)c2)cs1. The Morgan fingerprint density at radius 2 is 2.00 bits per heavy atom. The molecule has 0 saturated carbocycles. The van der Waals surface area contributed by atoms with Crippen LogP contribution in [-0.2, 0) is 0 Å². The molecule has 0 bridgehead atoms. The highest BCUT2D eigenvalue weighted by Crippen LogP contribution is 2.37. The van der Waals surface area contributed by atoms with Crippen LogP contribution >= 0.6 is 22.7 Å². The number of carbonyl (C=O) groups is 2. The Balaban J connectivity index is 1.56. The van der Waals surface area contributed by atoms with Gasteiger partial charge in [-0.05, 0) is 24.6 Å². The minimum absolute atomic E-state index is 0.279. The molecule has 0 atom stereocenters. The molecule has 4 aromatic rings. The van der Waals surface area contributed by atoms with Gasteiger partial charge in [0.15, 0.2) is 5.13 Å². The van der Waals surface area contributed by atoms with Gasteiger partial charge in [-0.2, -0.15) is 0 Å². The zero-order valence-electron chi connectivity index (χ0n) is 16.0. The van der Waals surface area contributed by atoms with E-state index in [-0.39, 0.29) is 5.91 Å².